The lowest BCUT2D eigenvalue weighted by Gasteiger charge is -2.04. The van der Waals surface area contributed by atoms with E-state index >= 15 is 0 Å². The summed E-state index contributed by atoms with van der Waals surface area (Å²) in [6.07, 6.45) is 6.02. The molecule has 0 atom stereocenters. The second kappa shape index (κ2) is 5.50. The van der Waals surface area contributed by atoms with Gasteiger partial charge in [0.15, 0.2) is 0 Å². The van der Waals surface area contributed by atoms with Crippen LogP contribution in [0.2, 0.25) is 0 Å². The fourth-order valence-corrected chi connectivity index (χ4v) is 2.43. The van der Waals surface area contributed by atoms with Crippen molar-refractivity contribution in [3.05, 3.63) is 48.4 Å². The zero-order valence-electron chi connectivity index (χ0n) is 10.0. The molecule has 1 saturated carbocycles. The molecular formula is C14H15N3S. The average molecular weight is 257 g/mol. The fourth-order valence-electron chi connectivity index (χ4n) is 1.68. The first kappa shape index (κ1) is 11.7. The van der Waals surface area contributed by atoms with Gasteiger partial charge in [0.25, 0.3) is 0 Å². The Morgan fingerprint density at radius 3 is 2.67 bits per heavy atom. The summed E-state index contributed by atoms with van der Waals surface area (Å²) in [5.74, 6) is 0. The maximum absolute atomic E-state index is 4.20. The molecule has 1 aliphatic rings. The monoisotopic (exact) mass is 257 g/mol. The van der Waals surface area contributed by atoms with Crippen LogP contribution in [0.4, 0.5) is 0 Å². The molecule has 2 aromatic rings. The van der Waals surface area contributed by atoms with Crippen molar-refractivity contribution in [2.75, 3.05) is 0 Å². The van der Waals surface area contributed by atoms with Crippen LogP contribution in [0.15, 0.2) is 52.8 Å². The molecule has 0 amide bonds. The summed E-state index contributed by atoms with van der Waals surface area (Å²) in [5, 5.41) is 4.50. The normalized spacial score (nSPS) is 14.7. The lowest BCUT2D eigenvalue weighted by atomic mass is 10.2. The van der Waals surface area contributed by atoms with E-state index in [0.29, 0.717) is 0 Å². The van der Waals surface area contributed by atoms with Crippen LogP contribution in [0.25, 0.3) is 0 Å². The highest BCUT2D eigenvalue weighted by molar-refractivity contribution is 7.99. The van der Waals surface area contributed by atoms with Gasteiger partial charge in [-0.15, -0.1) is 0 Å². The van der Waals surface area contributed by atoms with Gasteiger partial charge in [0.1, 0.15) is 11.4 Å². The maximum atomic E-state index is 4.20. The molecule has 1 aromatic heterocycles. The van der Waals surface area contributed by atoms with Gasteiger partial charge >= 0.3 is 0 Å². The van der Waals surface area contributed by atoms with Crippen LogP contribution in [0.1, 0.15) is 18.4 Å². The molecule has 1 aromatic carbocycles. The molecule has 3 nitrogen and oxygen atoms in total. The van der Waals surface area contributed by atoms with Crippen LogP contribution in [-0.2, 0) is 6.54 Å². The van der Waals surface area contributed by atoms with E-state index in [1.165, 1.54) is 23.3 Å². The molecule has 3 rings (SSSR count). The Kier molecular flexibility index (Phi) is 3.57. The number of rotatable bonds is 5. The maximum Gasteiger partial charge on any atom is 0.116 e. The van der Waals surface area contributed by atoms with Gasteiger partial charge in [0.05, 0.1) is 0 Å². The smallest absolute Gasteiger partial charge is 0.116 e. The van der Waals surface area contributed by atoms with Crippen molar-refractivity contribution < 1.29 is 0 Å². The molecule has 1 fully saturated rings. The third kappa shape index (κ3) is 3.31. The standard InChI is InChI=1S/C14H15N3S/c1-5-13(18-14-7-8-15-10-17-14)6-2-11(1)9-16-12-3-4-12/h1-2,5-8,10,12,16H,3-4,9H2. The molecule has 0 radical (unpaired) electrons. The SMILES string of the molecule is c1cc(Sc2ccc(CNC3CC3)cc2)ncn1. The van der Waals surface area contributed by atoms with Gasteiger partial charge in [0, 0.05) is 23.7 Å². The van der Waals surface area contributed by atoms with Gasteiger partial charge in [-0.1, -0.05) is 23.9 Å². The highest BCUT2D eigenvalue weighted by atomic mass is 32.2. The van der Waals surface area contributed by atoms with E-state index in [1.807, 2.05) is 6.07 Å². The zero-order valence-corrected chi connectivity index (χ0v) is 10.9. The van der Waals surface area contributed by atoms with Gasteiger partial charge in [0.2, 0.25) is 0 Å². The minimum Gasteiger partial charge on any atom is -0.310 e. The quantitative estimate of drug-likeness (QED) is 0.836. The fraction of sp³-hybridized carbons (Fsp3) is 0.286. The van der Waals surface area contributed by atoms with Crippen molar-refractivity contribution in [1.82, 2.24) is 15.3 Å². The molecule has 18 heavy (non-hydrogen) atoms. The first-order chi connectivity index (χ1) is 8.90. The number of nitrogens with one attached hydrogen (secondary N) is 1. The number of hydrogen-bond donors (Lipinski definition) is 1. The summed E-state index contributed by atoms with van der Waals surface area (Å²) in [6.45, 7) is 0.975. The number of benzene rings is 1. The largest absolute Gasteiger partial charge is 0.310 e. The van der Waals surface area contributed by atoms with E-state index in [-0.39, 0.29) is 0 Å². The van der Waals surface area contributed by atoms with Crippen LogP contribution < -0.4 is 5.32 Å². The number of aromatic nitrogens is 2. The van der Waals surface area contributed by atoms with Crippen LogP contribution in [0.5, 0.6) is 0 Å². The van der Waals surface area contributed by atoms with Gasteiger partial charge < -0.3 is 5.32 Å². The van der Waals surface area contributed by atoms with Gasteiger partial charge in [-0.3, -0.25) is 0 Å². The van der Waals surface area contributed by atoms with E-state index in [2.05, 4.69) is 39.6 Å². The minimum atomic E-state index is 0.764. The highest BCUT2D eigenvalue weighted by Gasteiger charge is 2.19. The zero-order chi connectivity index (χ0) is 12.2. The van der Waals surface area contributed by atoms with Gasteiger partial charge in [-0.2, -0.15) is 0 Å². The van der Waals surface area contributed by atoms with E-state index in [9.17, 15) is 0 Å². The first-order valence-corrected chi connectivity index (χ1v) is 6.98. The Morgan fingerprint density at radius 2 is 2.00 bits per heavy atom. The Morgan fingerprint density at radius 1 is 1.17 bits per heavy atom. The molecule has 1 heterocycles. The molecular weight excluding hydrogens is 242 g/mol. The van der Waals surface area contributed by atoms with Crippen molar-refractivity contribution in [3.8, 4) is 0 Å². The number of nitrogens with zero attached hydrogens (tertiary/aromatic N) is 2. The van der Waals surface area contributed by atoms with Crippen LogP contribution in [0, 0.1) is 0 Å². The molecule has 0 bridgehead atoms. The lowest BCUT2D eigenvalue weighted by Crippen LogP contribution is -2.14. The summed E-state index contributed by atoms with van der Waals surface area (Å²) in [4.78, 5) is 9.33. The van der Waals surface area contributed by atoms with Gasteiger partial charge in [-0.25, -0.2) is 9.97 Å². The van der Waals surface area contributed by atoms with Crippen molar-refractivity contribution >= 4 is 11.8 Å². The summed E-state index contributed by atoms with van der Waals surface area (Å²) in [5.41, 5.74) is 1.34. The molecule has 0 aliphatic heterocycles. The molecule has 92 valence electrons. The predicted octanol–water partition coefficient (Wildman–Crippen LogP) is 2.88. The van der Waals surface area contributed by atoms with E-state index in [0.717, 1.165) is 17.6 Å². The Bertz CT molecular complexity index is 494. The van der Waals surface area contributed by atoms with Crippen molar-refractivity contribution in [3.63, 3.8) is 0 Å². The Hall–Kier alpha value is -1.39. The van der Waals surface area contributed by atoms with Crippen LogP contribution in [0.3, 0.4) is 0 Å². The summed E-state index contributed by atoms with van der Waals surface area (Å²) in [7, 11) is 0. The van der Waals surface area contributed by atoms with Crippen molar-refractivity contribution in [2.24, 2.45) is 0 Å². The summed E-state index contributed by atoms with van der Waals surface area (Å²) >= 11 is 1.66. The summed E-state index contributed by atoms with van der Waals surface area (Å²) < 4.78 is 0. The topological polar surface area (TPSA) is 37.8 Å². The Balaban J connectivity index is 1.59. The molecule has 0 unspecified atom stereocenters. The Labute approximate surface area is 111 Å². The minimum absolute atomic E-state index is 0.764. The third-order valence-corrected chi connectivity index (χ3v) is 3.83. The lowest BCUT2D eigenvalue weighted by molar-refractivity contribution is 0.687. The second-order valence-electron chi connectivity index (χ2n) is 4.45. The number of hydrogen-bond acceptors (Lipinski definition) is 4. The average Bonchev–Trinajstić information content (AvgIpc) is 3.23. The molecule has 1 N–H and O–H groups in total. The van der Waals surface area contributed by atoms with Gasteiger partial charge in [-0.05, 0) is 36.6 Å². The molecule has 4 heteroatoms. The first-order valence-electron chi connectivity index (χ1n) is 6.16. The van der Waals surface area contributed by atoms with E-state index in [1.54, 1.807) is 24.3 Å². The second-order valence-corrected chi connectivity index (χ2v) is 5.54. The molecule has 0 saturated heterocycles. The van der Waals surface area contributed by atoms with E-state index < -0.39 is 0 Å². The van der Waals surface area contributed by atoms with Crippen molar-refractivity contribution in [1.29, 1.82) is 0 Å². The summed E-state index contributed by atoms with van der Waals surface area (Å²) in [6, 6.07) is 11.3. The third-order valence-electron chi connectivity index (χ3n) is 2.87. The highest BCUT2D eigenvalue weighted by Crippen LogP contribution is 2.25. The molecule has 1 aliphatic carbocycles. The predicted molar refractivity (Wildman–Crippen MR) is 72.5 cm³/mol. The van der Waals surface area contributed by atoms with Crippen LogP contribution in [-0.4, -0.2) is 16.0 Å². The van der Waals surface area contributed by atoms with E-state index in [4.69, 9.17) is 0 Å². The van der Waals surface area contributed by atoms with Crippen molar-refractivity contribution in [2.45, 2.75) is 35.3 Å². The van der Waals surface area contributed by atoms with Crippen LogP contribution >= 0.6 is 11.8 Å². The molecule has 0 spiro atoms.